The van der Waals surface area contributed by atoms with Crippen LogP contribution in [0.4, 0.5) is 0 Å². The van der Waals surface area contributed by atoms with Crippen LogP contribution in [-0.2, 0) is 19.1 Å². The number of ether oxygens (including phenoxy) is 2. The van der Waals surface area contributed by atoms with E-state index in [-0.39, 0.29) is 30.0 Å². The molecule has 35 heavy (non-hydrogen) atoms. The number of carbonyl (C=O) groups excluding carboxylic acids is 2. The van der Waals surface area contributed by atoms with Gasteiger partial charge in [-0.3, -0.25) is 4.79 Å². The predicted octanol–water partition coefficient (Wildman–Crippen LogP) is 2.75. The molecule has 0 spiro atoms. The summed E-state index contributed by atoms with van der Waals surface area (Å²) in [5, 5.41) is 35.4. The fourth-order valence-electron chi connectivity index (χ4n) is 9.66. The number of ketones is 1. The van der Waals surface area contributed by atoms with E-state index in [1.807, 2.05) is 20.8 Å². The van der Waals surface area contributed by atoms with Gasteiger partial charge in [0.15, 0.2) is 5.78 Å². The van der Waals surface area contributed by atoms with Crippen molar-refractivity contribution in [2.24, 2.45) is 22.7 Å². The van der Waals surface area contributed by atoms with Crippen LogP contribution < -0.4 is 0 Å². The molecule has 3 N–H and O–H groups in total. The summed E-state index contributed by atoms with van der Waals surface area (Å²) in [4.78, 5) is 26.0. The van der Waals surface area contributed by atoms with E-state index in [0.717, 1.165) is 5.57 Å². The van der Waals surface area contributed by atoms with Gasteiger partial charge in [0.2, 0.25) is 0 Å². The highest BCUT2D eigenvalue weighted by Gasteiger charge is 2.85. The first kappa shape index (κ1) is 23.8. The van der Waals surface area contributed by atoms with Crippen molar-refractivity contribution in [3.63, 3.8) is 0 Å². The summed E-state index contributed by atoms with van der Waals surface area (Å²) in [6, 6.07) is 0. The van der Waals surface area contributed by atoms with Crippen molar-refractivity contribution >= 4 is 11.8 Å². The second-order valence-corrected chi connectivity index (χ2v) is 12.9. The van der Waals surface area contributed by atoms with E-state index in [2.05, 4.69) is 6.92 Å². The summed E-state index contributed by atoms with van der Waals surface area (Å²) in [6.45, 7) is 9.46. The second kappa shape index (κ2) is 6.66. The van der Waals surface area contributed by atoms with E-state index in [1.54, 1.807) is 19.1 Å². The summed E-state index contributed by atoms with van der Waals surface area (Å²) in [7, 11) is 0. The van der Waals surface area contributed by atoms with Crippen molar-refractivity contribution < 1.29 is 34.4 Å². The minimum absolute atomic E-state index is 0.147. The number of aliphatic hydroxyl groups is 3. The Labute approximate surface area is 206 Å². The largest absolute Gasteiger partial charge is 0.455 e. The molecule has 6 aliphatic rings. The first-order valence-electron chi connectivity index (χ1n) is 13.1. The molecule has 7 heteroatoms. The third-order valence-corrected chi connectivity index (χ3v) is 12.1. The zero-order valence-electron chi connectivity index (χ0n) is 21.4. The SMILES string of the molecule is CC1=C(C)C(=O)O[C@@H]([C@]2(C)O[C@@]34CC[C@@]2(O)[C@@]3(C)CC[C@H]2[C@H]4C[C@@H](O)[C@@]3(O)CC=CC(=O)[C@]23C)C1. The van der Waals surface area contributed by atoms with Crippen LogP contribution in [0.3, 0.4) is 0 Å². The lowest BCUT2D eigenvalue weighted by Gasteiger charge is -2.64. The second-order valence-electron chi connectivity index (χ2n) is 12.9. The van der Waals surface area contributed by atoms with Crippen LogP contribution in [0.15, 0.2) is 23.3 Å². The summed E-state index contributed by atoms with van der Waals surface area (Å²) < 4.78 is 12.9. The van der Waals surface area contributed by atoms with Crippen LogP contribution in [-0.4, -0.2) is 61.7 Å². The first-order valence-corrected chi connectivity index (χ1v) is 13.1. The molecule has 2 aliphatic heterocycles. The summed E-state index contributed by atoms with van der Waals surface area (Å²) in [5.41, 5.74) is -4.87. The van der Waals surface area contributed by atoms with Gasteiger partial charge in [-0.15, -0.1) is 0 Å². The molecular weight excluding hydrogens is 448 g/mol. The maximum Gasteiger partial charge on any atom is 0.334 e. The number of esters is 1. The van der Waals surface area contributed by atoms with Gasteiger partial charge in [0.1, 0.15) is 22.9 Å². The molecule has 0 aromatic heterocycles. The summed E-state index contributed by atoms with van der Waals surface area (Å²) in [5.74, 6) is -0.926. The molecule has 0 unspecified atom stereocenters. The average molecular weight is 487 g/mol. The lowest BCUT2D eigenvalue weighted by molar-refractivity contribution is -0.279. The number of cyclic esters (lactones) is 1. The molecule has 192 valence electrons. The predicted molar refractivity (Wildman–Crippen MR) is 126 cm³/mol. The van der Waals surface area contributed by atoms with Gasteiger partial charge >= 0.3 is 5.97 Å². The van der Waals surface area contributed by atoms with Gasteiger partial charge in [0, 0.05) is 17.4 Å². The normalized spacial score (nSPS) is 57.0. The molecule has 6 rings (SSSR count). The lowest BCUT2D eigenvalue weighted by Crippen LogP contribution is -2.72. The molecule has 4 fully saturated rings. The molecule has 2 heterocycles. The topological polar surface area (TPSA) is 113 Å². The molecule has 10 atom stereocenters. The van der Waals surface area contributed by atoms with Crippen molar-refractivity contribution in [2.45, 2.75) is 114 Å². The van der Waals surface area contributed by atoms with E-state index in [1.165, 1.54) is 0 Å². The number of aliphatic hydroxyl groups excluding tert-OH is 1. The molecule has 1 saturated heterocycles. The Morgan fingerprint density at radius 3 is 2.43 bits per heavy atom. The van der Waals surface area contributed by atoms with Gasteiger partial charge in [0.05, 0.1) is 17.1 Å². The van der Waals surface area contributed by atoms with E-state index in [4.69, 9.17) is 9.47 Å². The number of hydrogen-bond donors (Lipinski definition) is 3. The van der Waals surface area contributed by atoms with E-state index in [0.29, 0.717) is 44.1 Å². The molecule has 7 nitrogen and oxygen atoms in total. The van der Waals surface area contributed by atoms with Crippen molar-refractivity contribution in [1.82, 2.24) is 0 Å². The first-order chi connectivity index (χ1) is 16.2. The fraction of sp³-hybridized carbons (Fsp3) is 0.786. The maximum atomic E-state index is 13.4. The third kappa shape index (κ3) is 2.30. The molecule has 0 aromatic carbocycles. The number of carbonyl (C=O) groups is 2. The van der Waals surface area contributed by atoms with E-state index >= 15 is 0 Å². The number of rotatable bonds is 1. The van der Waals surface area contributed by atoms with Crippen LogP contribution in [0.5, 0.6) is 0 Å². The van der Waals surface area contributed by atoms with Crippen molar-refractivity contribution in [1.29, 1.82) is 0 Å². The minimum atomic E-state index is -1.51. The van der Waals surface area contributed by atoms with Crippen LogP contribution in [0.2, 0.25) is 0 Å². The quantitative estimate of drug-likeness (QED) is 0.489. The highest BCUT2D eigenvalue weighted by Crippen LogP contribution is 2.77. The van der Waals surface area contributed by atoms with Crippen LogP contribution in [0.25, 0.3) is 0 Å². The number of hydrogen-bond acceptors (Lipinski definition) is 7. The highest BCUT2D eigenvalue weighted by atomic mass is 16.6. The third-order valence-electron chi connectivity index (χ3n) is 12.1. The van der Waals surface area contributed by atoms with Crippen molar-refractivity contribution in [3.05, 3.63) is 23.3 Å². The molecule has 0 aromatic rings. The summed E-state index contributed by atoms with van der Waals surface area (Å²) >= 11 is 0. The monoisotopic (exact) mass is 486 g/mol. The molecular formula is C28H38O7. The minimum Gasteiger partial charge on any atom is -0.455 e. The van der Waals surface area contributed by atoms with Crippen LogP contribution in [0, 0.1) is 22.7 Å². The molecule has 3 saturated carbocycles. The smallest absolute Gasteiger partial charge is 0.334 e. The maximum absolute atomic E-state index is 13.4. The number of allylic oxidation sites excluding steroid dienone is 1. The Morgan fingerprint density at radius 1 is 1.03 bits per heavy atom. The number of fused-ring (bicyclic) bond motifs is 3. The molecule has 2 bridgehead atoms. The Bertz CT molecular complexity index is 1090. The standard InChI is InChI=1S/C28H38O7/c1-15-13-21(34-22(31)16(15)2)25(5)28(33)12-11-27(35-25)18-14-20(30)26(32)9-6-7-19(29)24(26,4)17(18)8-10-23(27,28)3/h6-7,17-18,20-21,30,32-33H,8-14H2,1-5H3/t17-,18+,20+,21+,23-,24-,25-,26-,27+,28+/m0/s1. The van der Waals surface area contributed by atoms with Gasteiger partial charge in [-0.2, -0.15) is 0 Å². The highest BCUT2D eigenvalue weighted by molar-refractivity contribution is 5.97. The Kier molecular flexibility index (Phi) is 4.53. The van der Waals surface area contributed by atoms with Gasteiger partial charge in [0.25, 0.3) is 0 Å². The van der Waals surface area contributed by atoms with Crippen LogP contribution >= 0.6 is 0 Å². The van der Waals surface area contributed by atoms with Crippen LogP contribution in [0.1, 0.15) is 79.6 Å². The van der Waals surface area contributed by atoms with Crippen molar-refractivity contribution in [3.8, 4) is 0 Å². The molecule has 0 amide bonds. The van der Waals surface area contributed by atoms with Gasteiger partial charge in [-0.25, -0.2) is 4.79 Å². The van der Waals surface area contributed by atoms with Crippen molar-refractivity contribution in [2.75, 3.05) is 0 Å². The Morgan fingerprint density at radius 2 is 1.74 bits per heavy atom. The van der Waals surface area contributed by atoms with Gasteiger partial charge in [-0.1, -0.05) is 18.6 Å². The fourth-order valence-corrected chi connectivity index (χ4v) is 9.66. The zero-order valence-corrected chi connectivity index (χ0v) is 21.4. The Hall–Kier alpha value is -1.54. The molecule has 0 radical (unpaired) electrons. The zero-order chi connectivity index (χ0) is 25.4. The van der Waals surface area contributed by atoms with Gasteiger partial charge in [-0.05, 0) is 84.1 Å². The average Bonchev–Trinajstić information content (AvgIpc) is 3.12. The van der Waals surface area contributed by atoms with E-state index < -0.39 is 45.4 Å². The van der Waals surface area contributed by atoms with E-state index in [9.17, 15) is 24.9 Å². The summed E-state index contributed by atoms with van der Waals surface area (Å²) in [6.07, 6.45) is 4.97. The van der Waals surface area contributed by atoms with Gasteiger partial charge < -0.3 is 24.8 Å². The lowest BCUT2D eigenvalue weighted by atomic mass is 9.42. The molecule has 4 aliphatic carbocycles. The Balaban J connectivity index is 1.47.